The van der Waals surface area contributed by atoms with Gasteiger partial charge in [-0.2, -0.15) is 0 Å². The van der Waals surface area contributed by atoms with E-state index >= 15 is 0 Å². The number of aryl methyl sites for hydroxylation is 4. The lowest BCUT2D eigenvalue weighted by molar-refractivity contribution is 0.122. The predicted molar refractivity (Wildman–Crippen MR) is 125 cm³/mol. The molecule has 1 aliphatic rings. The number of aromatic nitrogens is 5. The molecule has 3 aromatic heterocycles. The summed E-state index contributed by atoms with van der Waals surface area (Å²) in [5.74, 6) is 1.61. The first-order valence-electron chi connectivity index (χ1n) is 10.3. The number of ether oxygens (including phenoxy) is 1. The molecule has 0 atom stereocenters. The lowest BCUT2D eigenvalue weighted by Crippen LogP contribution is -2.37. The van der Waals surface area contributed by atoms with Crippen LogP contribution in [0, 0.1) is 27.7 Å². The molecular formula is C22H24N6OS2. The van der Waals surface area contributed by atoms with Gasteiger partial charge < -0.3 is 9.64 Å². The molecule has 0 unspecified atom stereocenters. The number of rotatable bonds is 4. The zero-order valence-electron chi connectivity index (χ0n) is 18.0. The molecule has 1 fully saturated rings. The van der Waals surface area contributed by atoms with Crippen LogP contribution in [0.3, 0.4) is 0 Å². The quantitative estimate of drug-likeness (QED) is 0.423. The minimum atomic E-state index is 0.697. The molecule has 31 heavy (non-hydrogen) atoms. The molecular weight excluding hydrogens is 428 g/mol. The lowest BCUT2D eigenvalue weighted by Gasteiger charge is -2.28. The molecule has 0 radical (unpaired) electrons. The van der Waals surface area contributed by atoms with Crippen molar-refractivity contribution >= 4 is 39.3 Å². The molecule has 9 heteroatoms. The van der Waals surface area contributed by atoms with Crippen LogP contribution in [-0.2, 0) is 4.74 Å². The van der Waals surface area contributed by atoms with Crippen molar-refractivity contribution in [1.29, 1.82) is 0 Å². The fourth-order valence-corrected chi connectivity index (χ4v) is 5.89. The van der Waals surface area contributed by atoms with Crippen molar-refractivity contribution in [1.82, 2.24) is 24.7 Å². The molecule has 4 heterocycles. The Morgan fingerprint density at radius 2 is 1.71 bits per heavy atom. The second kappa shape index (κ2) is 8.22. The van der Waals surface area contributed by atoms with Gasteiger partial charge in [-0.1, -0.05) is 17.7 Å². The molecule has 0 bridgehead atoms. The molecule has 4 aromatic rings. The Bertz CT molecular complexity index is 1240. The van der Waals surface area contributed by atoms with Gasteiger partial charge in [0.1, 0.15) is 15.7 Å². The minimum Gasteiger partial charge on any atom is -0.378 e. The van der Waals surface area contributed by atoms with Crippen molar-refractivity contribution in [2.24, 2.45) is 0 Å². The Kier molecular flexibility index (Phi) is 5.41. The molecule has 0 spiro atoms. The predicted octanol–water partition coefficient (Wildman–Crippen LogP) is 4.49. The normalized spacial score (nSPS) is 14.5. The Morgan fingerprint density at radius 1 is 0.968 bits per heavy atom. The average molecular weight is 453 g/mol. The first kappa shape index (κ1) is 20.4. The molecule has 0 amide bonds. The van der Waals surface area contributed by atoms with Gasteiger partial charge in [0.15, 0.2) is 0 Å². The van der Waals surface area contributed by atoms with Gasteiger partial charge in [-0.05, 0) is 57.2 Å². The molecule has 1 aliphatic heterocycles. The Hall–Kier alpha value is -2.49. The standard InChI is InChI=1S/C22H24N6OS2/c1-13-5-7-17(8-6-13)28-21(27-9-11-29-12-10-27)25-26-22(28)31-20-18-14(2)15(3)30-19(18)23-16(4)24-20/h5-8H,9-12H2,1-4H3. The second-order valence-corrected chi connectivity index (χ2v) is 9.85. The summed E-state index contributed by atoms with van der Waals surface area (Å²) in [4.78, 5) is 14.0. The maximum atomic E-state index is 5.54. The zero-order valence-corrected chi connectivity index (χ0v) is 19.7. The third-order valence-electron chi connectivity index (χ3n) is 5.50. The number of hydrogen-bond acceptors (Lipinski definition) is 8. The van der Waals surface area contributed by atoms with Crippen molar-refractivity contribution in [2.75, 3.05) is 31.2 Å². The lowest BCUT2D eigenvalue weighted by atomic mass is 10.2. The van der Waals surface area contributed by atoms with Crippen LogP contribution in [0.4, 0.5) is 5.95 Å². The molecule has 1 aromatic carbocycles. The number of nitrogens with zero attached hydrogens (tertiary/aromatic N) is 6. The molecule has 0 aliphatic carbocycles. The Labute approximate surface area is 189 Å². The highest BCUT2D eigenvalue weighted by molar-refractivity contribution is 7.99. The van der Waals surface area contributed by atoms with Gasteiger partial charge in [-0.3, -0.25) is 4.57 Å². The molecule has 5 rings (SSSR count). The molecule has 1 saturated heterocycles. The zero-order chi connectivity index (χ0) is 21.5. The number of benzene rings is 1. The van der Waals surface area contributed by atoms with Gasteiger partial charge in [0.25, 0.3) is 0 Å². The van der Waals surface area contributed by atoms with Crippen LogP contribution in [0.1, 0.15) is 21.8 Å². The average Bonchev–Trinajstić information content (AvgIpc) is 3.30. The summed E-state index contributed by atoms with van der Waals surface area (Å²) in [6.45, 7) is 11.3. The summed E-state index contributed by atoms with van der Waals surface area (Å²) in [5, 5.41) is 12.0. The summed E-state index contributed by atoms with van der Waals surface area (Å²) in [5.41, 5.74) is 3.49. The number of hydrogen-bond donors (Lipinski definition) is 0. The van der Waals surface area contributed by atoms with E-state index in [0.717, 1.165) is 50.9 Å². The Balaban J connectivity index is 1.64. The van der Waals surface area contributed by atoms with Gasteiger partial charge in [0.05, 0.1) is 18.9 Å². The van der Waals surface area contributed by atoms with Gasteiger partial charge in [-0.15, -0.1) is 21.5 Å². The molecule has 160 valence electrons. The van der Waals surface area contributed by atoms with Crippen LogP contribution in [0.25, 0.3) is 15.9 Å². The third-order valence-corrected chi connectivity index (χ3v) is 7.53. The van der Waals surface area contributed by atoms with E-state index in [1.54, 1.807) is 23.1 Å². The van der Waals surface area contributed by atoms with Gasteiger partial charge in [0, 0.05) is 23.4 Å². The number of fused-ring (bicyclic) bond motifs is 1. The largest absolute Gasteiger partial charge is 0.378 e. The van der Waals surface area contributed by atoms with Crippen LogP contribution in [0.5, 0.6) is 0 Å². The SMILES string of the molecule is Cc1ccc(-n2c(Sc3nc(C)nc4sc(C)c(C)c34)nnc2N2CCOCC2)cc1. The third kappa shape index (κ3) is 3.81. The summed E-state index contributed by atoms with van der Waals surface area (Å²) in [6.07, 6.45) is 0. The number of thiophene rings is 1. The first-order chi connectivity index (χ1) is 15.0. The van der Waals surface area contributed by atoms with Crippen LogP contribution in [0.15, 0.2) is 34.4 Å². The van der Waals surface area contributed by atoms with Gasteiger partial charge in [-0.25, -0.2) is 9.97 Å². The van der Waals surface area contributed by atoms with Crippen molar-refractivity contribution in [3.05, 3.63) is 46.1 Å². The molecule has 0 N–H and O–H groups in total. The van der Waals surface area contributed by atoms with Gasteiger partial charge in [0.2, 0.25) is 11.1 Å². The summed E-state index contributed by atoms with van der Waals surface area (Å²) < 4.78 is 7.67. The minimum absolute atomic E-state index is 0.697. The Morgan fingerprint density at radius 3 is 2.45 bits per heavy atom. The maximum absolute atomic E-state index is 5.54. The summed E-state index contributed by atoms with van der Waals surface area (Å²) in [7, 11) is 0. The second-order valence-electron chi connectivity index (χ2n) is 7.69. The van der Waals surface area contributed by atoms with Crippen LogP contribution in [0.2, 0.25) is 0 Å². The fraction of sp³-hybridized carbons (Fsp3) is 0.364. The van der Waals surface area contributed by atoms with E-state index in [4.69, 9.17) is 9.72 Å². The summed E-state index contributed by atoms with van der Waals surface area (Å²) in [6, 6.07) is 8.47. The number of morpholine rings is 1. The number of anilines is 1. The van der Waals surface area contributed by atoms with Crippen LogP contribution >= 0.6 is 23.1 Å². The molecule has 0 saturated carbocycles. The highest BCUT2D eigenvalue weighted by atomic mass is 32.2. The van der Waals surface area contributed by atoms with Crippen LogP contribution in [-0.4, -0.2) is 51.0 Å². The van der Waals surface area contributed by atoms with Crippen molar-refractivity contribution in [2.45, 2.75) is 37.9 Å². The smallest absolute Gasteiger partial charge is 0.232 e. The monoisotopic (exact) mass is 452 g/mol. The van der Waals surface area contributed by atoms with E-state index in [1.807, 2.05) is 6.92 Å². The van der Waals surface area contributed by atoms with E-state index in [0.29, 0.717) is 13.2 Å². The van der Waals surface area contributed by atoms with Crippen molar-refractivity contribution in [3.63, 3.8) is 0 Å². The highest BCUT2D eigenvalue weighted by Crippen LogP contribution is 2.39. The molecule has 7 nitrogen and oxygen atoms in total. The van der Waals surface area contributed by atoms with Crippen molar-refractivity contribution in [3.8, 4) is 5.69 Å². The van der Waals surface area contributed by atoms with E-state index in [2.05, 4.69) is 69.7 Å². The van der Waals surface area contributed by atoms with E-state index in [-0.39, 0.29) is 0 Å². The first-order valence-corrected chi connectivity index (χ1v) is 11.9. The van der Waals surface area contributed by atoms with E-state index in [9.17, 15) is 0 Å². The highest BCUT2D eigenvalue weighted by Gasteiger charge is 2.24. The van der Waals surface area contributed by atoms with Crippen molar-refractivity contribution < 1.29 is 4.74 Å². The maximum Gasteiger partial charge on any atom is 0.232 e. The van der Waals surface area contributed by atoms with Gasteiger partial charge >= 0.3 is 0 Å². The topological polar surface area (TPSA) is 69.0 Å². The fourth-order valence-electron chi connectivity index (χ4n) is 3.69. The summed E-state index contributed by atoms with van der Waals surface area (Å²) >= 11 is 3.27. The van der Waals surface area contributed by atoms with E-state index < -0.39 is 0 Å². The van der Waals surface area contributed by atoms with E-state index in [1.165, 1.54) is 16.0 Å². The van der Waals surface area contributed by atoms with Crippen LogP contribution < -0.4 is 4.90 Å².